The number of carbonyl (C=O) groups excluding carboxylic acids is 1. The zero-order chi connectivity index (χ0) is 18.6. The Kier molecular flexibility index (Phi) is 6.07. The van der Waals surface area contributed by atoms with Crippen molar-refractivity contribution in [3.8, 4) is 11.5 Å². The minimum absolute atomic E-state index is 0.111. The first-order valence-corrected chi connectivity index (χ1v) is 9.72. The van der Waals surface area contributed by atoms with Gasteiger partial charge in [0.05, 0.1) is 27.0 Å². The Balaban J connectivity index is 2.16. The first-order chi connectivity index (χ1) is 11.8. The number of carbonyl (C=O) groups is 1. The highest BCUT2D eigenvalue weighted by Gasteiger charge is 2.26. The highest BCUT2D eigenvalue weighted by atomic mass is 32.2. The van der Waals surface area contributed by atoms with Crippen LogP contribution in [0, 0.1) is 0 Å². The SMILES string of the molecule is C=CCN(CC(=O)N1CCc2cc(OC)c(OC)cc2C1)S(C)(=O)=O. The van der Waals surface area contributed by atoms with Gasteiger partial charge >= 0.3 is 0 Å². The predicted molar refractivity (Wildman–Crippen MR) is 95.3 cm³/mol. The van der Waals surface area contributed by atoms with Gasteiger partial charge in [0.1, 0.15) is 0 Å². The monoisotopic (exact) mass is 368 g/mol. The molecular weight excluding hydrogens is 344 g/mol. The molecule has 7 nitrogen and oxygen atoms in total. The van der Waals surface area contributed by atoms with E-state index in [4.69, 9.17) is 9.47 Å². The van der Waals surface area contributed by atoms with Gasteiger partial charge in [-0.3, -0.25) is 4.79 Å². The number of fused-ring (bicyclic) bond motifs is 1. The summed E-state index contributed by atoms with van der Waals surface area (Å²) in [5.74, 6) is 1.04. The van der Waals surface area contributed by atoms with Gasteiger partial charge < -0.3 is 14.4 Å². The van der Waals surface area contributed by atoms with Crippen LogP contribution in [0.15, 0.2) is 24.8 Å². The van der Waals surface area contributed by atoms with Gasteiger partial charge in [0.2, 0.25) is 15.9 Å². The van der Waals surface area contributed by atoms with Crippen LogP contribution in [0.5, 0.6) is 11.5 Å². The van der Waals surface area contributed by atoms with E-state index in [-0.39, 0.29) is 19.0 Å². The van der Waals surface area contributed by atoms with Crippen LogP contribution in [0.25, 0.3) is 0 Å². The quantitative estimate of drug-likeness (QED) is 0.672. The molecule has 138 valence electrons. The average molecular weight is 368 g/mol. The highest BCUT2D eigenvalue weighted by molar-refractivity contribution is 7.88. The lowest BCUT2D eigenvalue weighted by molar-refractivity contribution is -0.132. The first-order valence-electron chi connectivity index (χ1n) is 7.87. The molecule has 0 unspecified atom stereocenters. The summed E-state index contributed by atoms with van der Waals surface area (Å²) in [6.45, 7) is 4.42. The van der Waals surface area contributed by atoms with Crippen molar-refractivity contribution >= 4 is 15.9 Å². The number of sulfonamides is 1. The molecule has 2 rings (SSSR count). The molecule has 0 aromatic heterocycles. The minimum atomic E-state index is -3.46. The molecule has 1 aromatic carbocycles. The zero-order valence-electron chi connectivity index (χ0n) is 14.8. The molecule has 1 aromatic rings. The molecule has 0 N–H and O–H groups in total. The number of hydrogen-bond acceptors (Lipinski definition) is 5. The highest BCUT2D eigenvalue weighted by Crippen LogP contribution is 2.33. The Labute approximate surface area is 148 Å². The van der Waals surface area contributed by atoms with Gasteiger partial charge in [-0.1, -0.05) is 6.08 Å². The lowest BCUT2D eigenvalue weighted by atomic mass is 9.98. The van der Waals surface area contributed by atoms with Crippen LogP contribution in [0.3, 0.4) is 0 Å². The molecule has 0 bridgehead atoms. The molecule has 1 heterocycles. The van der Waals surface area contributed by atoms with E-state index in [1.54, 1.807) is 19.1 Å². The van der Waals surface area contributed by atoms with Crippen molar-refractivity contribution in [2.45, 2.75) is 13.0 Å². The third kappa shape index (κ3) is 4.52. The maximum absolute atomic E-state index is 12.5. The van der Waals surface area contributed by atoms with E-state index in [0.29, 0.717) is 31.0 Å². The fourth-order valence-corrected chi connectivity index (χ4v) is 3.53. The van der Waals surface area contributed by atoms with Gasteiger partial charge in [-0.25, -0.2) is 8.42 Å². The Hall–Kier alpha value is -2.06. The summed E-state index contributed by atoms with van der Waals surface area (Å²) in [5.41, 5.74) is 2.08. The van der Waals surface area contributed by atoms with Crippen molar-refractivity contribution in [1.29, 1.82) is 0 Å². The predicted octanol–water partition coefficient (Wildman–Crippen LogP) is 1.04. The Bertz CT molecular complexity index is 761. The molecule has 0 fully saturated rings. The van der Waals surface area contributed by atoms with Gasteiger partial charge in [0.25, 0.3) is 0 Å². The van der Waals surface area contributed by atoms with Crippen LogP contribution in [0.1, 0.15) is 11.1 Å². The van der Waals surface area contributed by atoms with Crippen LogP contribution >= 0.6 is 0 Å². The van der Waals surface area contributed by atoms with E-state index >= 15 is 0 Å². The molecule has 0 spiro atoms. The molecule has 0 radical (unpaired) electrons. The summed E-state index contributed by atoms with van der Waals surface area (Å²) in [5, 5.41) is 0. The van der Waals surface area contributed by atoms with Gasteiger partial charge in [-0.05, 0) is 29.7 Å². The summed E-state index contributed by atoms with van der Waals surface area (Å²) in [7, 11) is -0.313. The molecule has 0 atom stereocenters. The van der Waals surface area contributed by atoms with Crippen LogP contribution in [0.2, 0.25) is 0 Å². The molecule has 8 heteroatoms. The molecule has 1 amide bonds. The molecule has 1 aliphatic rings. The third-order valence-electron chi connectivity index (χ3n) is 4.18. The maximum atomic E-state index is 12.5. The van der Waals surface area contributed by atoms with Crippen LogP contribution in [0.4, 0.5) is 0 Å². The molecule has 0 saturated carbocycles. The largest absolute Gasteiger partial charge is 0.493 e. The van der Waals surface area contributed by atoms with E-state index in [2.05, 4.69) is 6.58 Å². The number of amides is 1. The van der Waals surface area contributed by atoms with E-state index < -0.39 is 10.0 Å². The maximum Gasteiger partial charge on any atom is 0.238 e. The average Bonchev–Trinajstić information content (AvgIpc) is 2.58. The number of hydrogen-bond donors (Lipinski definition) is 0. The number of benzene rings is 1. The normalized spacial score (nSPS) is 14.2. The number of nitrogens with zero attached hydrogens (tertiary/aromatic N) is 2. The first kappa shape index (κ1) is 19.3. The van der Waals surface area contributed by atoms with Crippen molar-refractivity contribution < 1.29 is 22.7 Å². The van der Waals surface area contributed by atoms with E-state index in [1.807, 2.05) is 12.1 Å². The van der Waals surface area contributed by atoms with Crippen molar-refractivity contribution in [2.24, 2.45) is 0 Å². The van der Waals surface area contributed by atoms with Gasteiger partial charge in [-0.15, -0.1) is 6.58 Å². The summed E-state index contributed by atoms with van der Waals surface area (Å²) in [4.78, 5) is 14.2. The standard InChI is InChI=1S/C17H24N2O5S/c1-5-7-19(25(4,21)22)12-17(20)18-8-6-13-9-15(23-2)16(24-3)10-14(13)11-18/h5,9-10H,1,6-8,11-12H2,2-4H3. The molecule has 0 aliphatic carbocycles. The summed E-state index contributed by atoms with van der Waals surface area (Å²) < 4.78 is 35.3. The minimum Gasteiger partial charge on any atom is -0.493 e. The van der Waals surface area contributed by atoms with Gasteiger partial charge in [-0.2, -0.15) is 4.31 Å². The van der Waals surface area contributed by atoms with Gasteiger partial charge in [0.15, 0.2) is 11.5 Å². The van der Waals surface area contributed by atoms with E-state index in [1.165, 1.54) is 6.08 Å². The number of methoxy groups -OCH3 is 2. The Morgan fingerprint density at radius 3 is 2.40 bits per heavy atom. The second-order valence-corrected chi connectivity index (χ2v) is 7.87. The van der Waals surface area contributed by atoms with E-state index in [0.717, 1.165) is 21.7 Å². The fraction of sp³-hybridized carbons (Fsp3) is 0.471. The lowest BCUT2D eigenvalue weighted by Gasteiger charge is -2.31. The summed E-state index contributed by atoms with van der Waals surface area (Å²) in [6, 6.07) is 3.79. The molecule has 25 heavy (non-hydrogen) atoms. The van der Waals surface area contributed by atoms with Crippen LogP contribution < -0.4 is 9.47 Å². The zero-order valence-corrected chi connectivity index (χ0v) is 15.6. The second kappa shape index (κ2) is 7.88. The fourth-order valence-electron chi connectivity index (χ4n) is 2.81. The smallest absolute Gasteiger partial charge is 0.238 e. The second-order valence-electron chi connectivity index (χ2n) is 5.89. The van der Waals surface area contributed by atoms with Crippen molar-refractivity contribution in [1.82, 2.24) is 9.21 Å². The van der Waals surface area contributed by atoms with Crippen molar-refractivity contribution in [2.75, 3.05) is 40.1 Å². The van der Waals surface area contributed by atoms with Crippen LogP contribution in [-0.2, 0) is 27.8 Å². The molecule has 0 saturated heterocycles. The third-order valence-corrected chi connectivity index (χ3v) is 5.40. The topological polar surface area (TPSA) is 76.2 Å². The van der Waals surface area contributed by atoms with Crippen LogP contribution in [-0.4, -0.2) is 63.6 Å². The van der Waals surface area contributed by atoms with Crippen molar-refractivity contribution in [3.05, 3.63) is 35.9 Å². The molecule has 1 aliphatic heterocycles. The van der Waals surface area contributed by atoms with Gasteiger partial charge in [0, 0.05) is 19.6 Å². The summed E-state index contributed by atoms with van der Waals surface area (Å²) in [6.07, 6.45) is 3.24. The van der Waals surface area contributed by atoms with E-state index in [9.17, 15) is 13.2 Å². The Morgan fingerprint density at radius 1 is 1.28 bits per heavy atom. The van der Waals surface area contributed by atoms with Crippen molar-refractivity contribution in [3.63, 3.8) is 0 Å². The molecular formula is C17H24N2O5S. The Morgan fingerprint density at radius 2 is 1.88 bits per heavy atom. The number of rotatable bonds is 7. The summed E-state index contributed by atoms with van der Waals surface area (Å²) >= 11 is 0. The number of ether oxygens (including phenoxy) is 2. The lowest BCUT2D eigenvalue weighted by Crippen LogP contribution is -2.44.